The van der Waals surface area contributed by atoms with Gasteiger partial charge in [-0.3, -0.25) is 4.79 Å². The van der Waals surface area contributed by atoms with E-state index >= 15 is 0 Å². The van der Waals surface area contributed by atoms with Crippen LogP contribution >= 0.6 is 0 Å². The number of carbonyl (C=O) groups is 1. The van der Waals surface area contributed by atoms with E-state index in [0.717, 1.165) is 0 Å². The minimum atomic E-state index is -1.16. The van der Waals surface area contributed by atoms with E-state index in [1.165, 1.54) is 21.3 Å². The minimum Gasteiger partial charge on any atom is -0.493 e. The molecule has 0 radical (unpaired) electrons. The summed E-state index contributed by atoms with van der Waals surface area (Å²) in [5, 5.41) is 13.1. The second-order valence-corrected chi connectivity index (χ2v) is 5.82. The SMILES string of the molecule is COc1ccc(C(=O)NCC(C)(O)Cc2ccco2)c(OC)c1OC. The molecule has 1 aromatic heterocycles. The number of nitrogens with one attached hydrogen (secondary N) is 1. The Hall–Kier alpha value is -2.67. The van der Waals surface area contributed by atoms with Crippen molar-refractivity contribution in [3.63, 3.8) is 0 Å². The summed E-state index contributed by atoms with van der Waals surface area (Å²) < 4.78 is 21.0. The molecule has 2 N–H and O–H groups in total. The van der Waals surface area contributed by atoms with E-state index in [1.807, 2.05) is 0 Å². The lowest BCUT2D eigenvalue weighted by molar-refractivity contribution is 0.0509. The van der Waals surface area contributed by atoms with E-state index in [2.05, 4.69) is 5.32 Å². The number of benzene rings is 1. The molecular weight excluding hydrogens is 326 g/mol. The van der Waals surface area contributed by atoms with Gasteiger partial charge in [0.25, 0.3) is 5.91 Å². The van der Waals surface area contributed by atoms with Crippen molar-refractivity contribution in [1.29, 1.82) is 0 Å². The van der Waals surface area contributed by atoms with Crippen LogP contribution in [0.4, 0.5) is 0 Å². The van der Waals surface area contributed by atoms with E-state index in [9.17, 15) is 9.90 Å². The quantitative estimate of drug-likeness (QED) is 0.758. The average Bonchev–Trinajstić information content (AvgIpc) is 3.10. The minimum absolute atomic E-state index is 0.0457. The molecule has 2 aromatic rings. The summed E-state index contributed by atoms with van der Waals surface area (Å²) in [4.78, 5) is 12.5. The second kappa shape index (κ2) is 7.94. The molecule has 0 saturated carbocycles. The normalized spacial score (nSPS) is 13.0. The molecule has 1 aromatic carbocycles. The average molecular weight is 349 g/mol. The van der Waals surface area contributed by atoms with Crippen LogP contribution in [-0.4, -0.2) is 44.5 Å². The molecule has 25 heavy (non-hydrogen) atoms. The Morgan fingerprint density at radius 2 is 1.88 bits per heavy atom. The summed E-state index contributed by atoms with van der Waals surface area (Å²) in [7, 11) is 4.42. The van der Waals surface area contributed by atoms with Crippen molar-refractivity contribution in [3.05, 3.63) is 41.9 Å². The third kappa shape index (κ3) is 4.45. The number of amides is 1. The number of hydrogen-bond donors (Lipinski definition) is 2. The van der Waals surface area contributed by atoms with Crippen LogP contribution in [0.2, 0.25) is 0 Å². The number of aliphatic hydroxyl groups is 1. The van der Waals surface area contributed by atoms with Crippen LogP contribution in [0.3, 0.4) is 0 Å². The number of furan rings is 1. The van der Waals surface area contributed by atoms with Crippen LogP contribution < -0.4 is 19.5 Å². The highest BCUT2D eigenvalue weighted by atomic mass is 16.5. The summed E-state index contributed by atoms with van der Waals surface area (Å²) in [6.45, 7) is 1.67. The van der Waals surface area contributed by atoms with Gasteiger partial charge in [-0.2, -0.15) is 0 Å². The highest BCUT2D eigenvalue weighted by molar-refractivity contribution is 5.98. The molecule has 7 nitrogen and oxygen atoms in total. The van der Waals surface area contributed by atoms with E-state index in [0.29, 0.717) is 17.3 Å². The molecule has 0 bridgehead atoms. The van der Waals surface area contributed by atoms with Crippen molar-refractivity contribution in [2.75, 3.05) is 27.9 Å². The molecule has 0 saturated heterocycles. The zero-order chi connectivity index (χ0) is 18.4. The fourth-order valence-electron chi connectivity index (χ4n) is 2.50. The number of hydrogen-bond acceptors (Lipinski definition) is 6. The molecule has 0 aliphatic heterocycles. The Kier molecular flexibility index (Phi) is 5.93. The molecule has 2 rings (SSSR count). The monoisotopic (exact) mass is 349 g/mol. The summed E-state index contributed by atoms with van der Waals surface area (Å²) in [6.07, 6.45) is 1.82. The maximum absolute atomic E-state index is 12.5. The number of methoxy groups -OCH3 is 3. The third-order valence-corrected chi connectivity index (χ3v) is 3.71. The molecule has 136 valence electrons. The van der Waals surface area contributed by atoms with Gasteiger partial charge in [0.1, 0.15) is 5.76 Å². The number of carbonyl (C=O) groups excluding carboxylic acids is 1. The Balaban J connectivity index is 2.12. The first-order valence-electron chi connectivity index (χ1n) is 7.73. The summed E-state index contributed by atoms with van der Waals surface area (Å²) in [6, 6.07) is 6.72. The van der Waals surface area contributed by atoms with Crippen molar-refractivity contribution in [2.45, 2.75) is 18.9 Å². The number of rotatable bonds is 8. The lowest BCUT2D eigenvalue weighted by Crippen LogP contribution is -2.42. The van der Waals surface area contributed by atoms with Crippen molar-refractivity contribution in [3.8, 4) is 17.2 Å². The van der Waals surface area contributed by atoms with Gasteiger partial charge in [-0.05, 0) is 31.2 Å². The van der Waals surface area contributed by atoms with Gasteiger partial charge in [0.2, 0.25) is 5.75 Å². The zero-order valence-corrected chi connectivity index (χ0v) is 14.8. The van der Waals surface area contributed by atoms with Gasteiger partial charge < -0.3 is 29.1 Å². The molecule has 1 heterocycles. The second-order valence-electron chi connectivity index (χ2n) is 5.82. The topological polar surface area (TPSA) is 90.2 Å². The van der Waals surface area contributed by atoms with E-state index in [1.54, 1.807) is 37.5 Å². The van der Waals surface area contributed by atoms with Gasteiger partial charge in [-0.1, -0.05) is 0 Å². The summed E-state index contributed by atoms with van der Waals surface area (Å²) >= 11 is 0. The van der Waals surface area contributed by atoms with Gasteiger partial charge in [0, 0.05) is 13.0 Å². The largest absolute Gasteiger partial charge is 0.493 e. The van der Waals surface area contributed by atoms with Crippen molar-refractivity contribution >= 4 is 5.91 Å². The smallest absolute Gasteiger partial charge is 0.255 e. The third-order valence-electron chi connectivity index (χ3n) is 3.71. The predicted octanol–water partition coefficient (Wildman–Crippen LogP) is 2.03. The maximum atomic E-state index is 12.5. The summed E-state index contributed by atoms with van der Waals surface area (Å²) in [5.74, 6) is 1.31. The molecular formula is C18H23NO6. The maximum Gasteiger partial charge on any atom is 0.255 e. The first-order chi connectivity index (χ1) is 11.9. The lowest BCUT2D eigenvalue weighted by atomic mass is 10.0. The highest BCUT2D eigenvalue weighted by Gasteiger charge is 2.26. The van der Waals surface area contributed by atoms with E-state index in [-0.39, 0.29) is 24.3 Å². The van der Waals surface area contributed by atoms with Gasteiger partial charge in [-0.15, -0.1) is 0 Å². The molecule has 0 aliphatic carbocycles. The summed E-state index contributed by atoms with van der Waals surface area (Å²) in [5.41, 5.74) is -0.869. The van der Waals surface area contributed by atoms with Crippen LogP contribution in [0, 0.1) is 0 Å². The first kappa shape index (κ1) is 18.7. The van der Waals surface area contributed by atoms with Crippen LogP contribution in [0.15, 0.2) is 34.9 Å². The van der Waals surface area contributed by atoms with Crippen LogP contribution in [0.1, 0.15) is 23.0 Å². The molecule has 0 spiro atoms. The van der Waals surface area contributed by atoms with Gasteiger partial charge in [-0.25, -0.2) is 0 Å². The van der Waals surface area contributed by atoms with E-state index < -0.39 is 11.5 Å². The molecule has 0 fully saturated rings. The Bertz CT molecular complexity index is 709. The van der Waals surface area contributed by atoms with Gasteiger partial charge in [0.15, 0.2) is 11.5 Å². The Morgan fingerprint density at radius 1 is 1.16 bits per heavy atom. The first-order valence-corrected chi connectivity index (χ1v) is 7.73. The van der Waals surface area contributed by atoms with Crippen molar-refractivity contribution < 1.29 is 28.5 Å². The van der Waals surface area contributed by atoms with Crippen LogP contribution in [0.25, 0.3) is 0 Å². The molecule has 1 atom stereocenters. The number of ether oxygens (including phenoxy) is 3. The highest BCUT2D eigenvalue weighted by Crippen LogP contribution is 2.39. The van der Waals surface area contributed by atoms with Crippen molar-refractivity contribution in [2.24, 2.45) is 0 Å². The van der Waals surface area contributed by atoms with Crippen LogP contribution in [0.5, 0.6) is 17.2 Å². The fourth-order valence-corrected chi connectivity index (χ4v) is 2.50. The zero-order valence-electron chi connectivity index (χ0n) is 14.8. The molecule has 1 unspecified atom stereocenters. The molecule has 7 heteroatoms. The lowest BCUT2D eigenvalue weighted by Gasteiger charge is -2.23. The Morgan fingerprint density at radius 3 is 2.44 bits per heavy atom. The Labute approximate surface area is 146 Å². The molecule has 0 aliphatic rings. The van der Waals surface area contributed by atoms with Crippen molar-refractivity contribution in [1.82, 2.24) is 5.32 Å². The van der Waals surface area contributed by atoms with Gasteiger partial charge in [0.05, 0.1) is 38.8 Å². The standard InChI is InChI=1S/C18H23NO6/c1-18(21,10-12-6-5-9-25-12)11-19-17(20)13-7-8-14(22-2)16(24-4)15(13)23-3/h5-9,21H,10-11H2,1-4H3,(H,19,20). The van der Waals surface area contributed by atoms with E-state index in [4.69, 9.17) is 18.6 Å². The van der Waals surface area contributed by atoms with Gasteiger partial charge >= 0.3 is 0 Å². The van der Waals surface area contributed by atoms with Crippen LogP contribution in [-0.2, 0) is 6.42 Å². The fraction of sp³-hybridized carbons (Fsp3) is 0.389. The molecule has 1 amide bonds. The predicted molar refractivity (Wildman–Crippen MR) is 91.5 cm³/mol.